The first-order valence-corrected chi connectivity index (χ1v) is 7.20. The van der Waals surface area contributed by atoms with E-state index >= 15 is 0 Å². The van der Waals surface area contributed by atoms with Crippen LogP contribution >= 0.6 is 27.5 Å². The lowest BCUT2D eigenvalue weighted by Crippen LogP contribution is -2.46. The van der Waals surface area contributed by atoms with Gasteiger partial charge in [0.1, 0.15) is 0 Å². The molecule has 1 aliphatic rings. The summed E-state index contributed by atoms with van der Waals surface area (Å²) in [7, 11) is 1.94. The van der Waals surface area contributed by atoms with Crippen molar-refractivity contribution < 1.29 is 4.79 Å². The molecule has 2 rings (SSSR count). The summed E-state index contributed by atoms with van der Waals surface area (Å²) >= 11 is 9.34. The average molecular weight is 332 g/mol. The largest absolute Gasteiger partial charge is 0.337 e. The van der Waals surface area contributed by atoms with Crippen molar-refractivity contribution in [2.75, 3.05) is 20.1 Å². The van der Waals surface area contributed by atoms with E-state index in [0.29, 0.717) is 16.6 Å². The molecule has 3 nitrogen and oxygen atoms in total. The van der Waals surface area contributed by atoms with Crippen molar-refractivity contribution in [3.05, 3.63) is 33.3 Å². The highest BCUT2D eigenvalue weighted by Gasteiger charge is 2.23. The summed E-state index contributed by atoms with van der Waals surface area (Å²) in [6.07, 6.45) is 2.17. The standard InChI is InChI=1S/C13H16BrClN2O/c1-16-12-3-2-4-17(8-12)13(18)9-5-10(14)7-11(15)6-9/h5-7,12,16H,2-4,8H2,1H3. The van der Waals surface area contributed by atoms with Crippen LogP contribution < -0.4 is 5.32 Å². The number of halogens is 2. The number of benzene rings is 1. The van der Waals surface area contributed by atoms with Gasteiger partial charge >= 0.3 is 0 Å². The van der Waals surface area contributed by atoms with Gasteiger partial charge in [0.15, 0.2) is 0 Å². The second kappa shape index (κ2) is 6.04. The average Bonchev–Trinajstić information content (AvgIpc) is 2.37. The van der Waals surface area contributed by atoms with Crippen LogP contribution in [0.3, 0.4) is 0 Å². The Labute approximate surface area is 121 Å². The summed E-state index contributed by atoms with van der Waals surface area (Å²) in [6, 6.07) is 5.71. The van der Waals surface area contributed by atoms with Crippen molar-refractivity contribution in [2.45, 2.75) is 18.9 Å². The number of likely N-dealkylation sites (tertiary alicyclic amines) is 1. The molecule has 1 saturated heterocycles. The zero-order chi connectivity index (χ0) is 13.1. The molecule has 1 unspecified atom stereocenters. The number of amides is 1. The van der Waals surface area contributed by atoms with Crippen LogP contribution in [-0.2, 0) is 0 Å². The molecular formula is C13H16BrClN2O. The molecule has 0 bridgehead atoms. The fraction of sp³-hybridized carbons (Fsp3) is 0.462. The van der Waals surface area contributed by atoms with E-state index in [4.69, 9.17) is 11.6 Å². The summed E-state index contributed by atoms with van der Waals surface area (Å²) < 4.78 is 0.834. The van der Waals surface area contributed by atoms with Gasteiger partial charge < -0.3 is 10.2 Å². The molecule has 0 radical (unpaired) electrons. The Morgan fingerprint density at radius 1 is 1.50 bits per heavy atom. The highest BCUT2D eigenvalue weighted by molar-refractivity contribution is 9.10. The number of hydrogen-bond donors (Lipinski definition) is 1. The van der Waals surface area contributed by atoms with Crippen molar-refractivity contribution in [2.24, 2.45) is 0 Å². The fourth-order valence-electron chi connectivity index (χ4n) is 2.26. The molecule has 5 heteroatoms. The summed E-state index contributed by atoms with van der Waals surface area (Å²) in [5.41, 5.74) is 0.645. The number of hydrogen-bond acceptors (Lipinski definition) is 2. The monoisotopic (exact) mass is 330 g/mol. The molecule has 0 aliphatic carbocycles. The van der Waals surface area contributed by atoms with Gasteiger partial charge in [0.05, 0.1) is 0 Å². The Hall–Kier alpha value is -0.580. The van der Waals surface area contributed by atoms with Gasteiger partial charge in [-0.05, 0) is 38.1 Å². The number of nitrogens with zero attached hydrogens (tertiary/aromatic N) is 1. The predicted molar refractivity (Wildman–Crippen MR) is 77.1 cm³/mol. The van der Waals surface area contributed by atoms with E-state index in [0.717, 1.165) is 30.4 Å². The number of piperidine rings is 1. The van der Waals surface area contributed by atoms with Crippen LogP contribution in [0.1, 0.15) is 23.2 Å². The fourth-order valence-corrected chi connectivity index (χ4v) is 3.12. The topological polar surface area (TPSA) is 32.3 Å². The molecule has 1 amide bonds. The van der Waals surface area contributed by atoms with Crippen LogP contribution in [0.4, 0.5) is 0 Å². The van der Waals surface area contributed by atoms with Crippen LogP contribution in [-0.4, -0.2) is 37.0 Å². The molecule has 98 valence electrons. The minimum atomic E-state index is 0.0538. The van der Waals surface area contributed by atoms with Crippen molar-refractivity contribution in [1.82, 2.24) is 10.2 Å². The van der Waals surface area contributed by atoms with E-state index in [2.05, 4.69) is 21.2 Å². The van der Waals surface area contributed by atoms with Crippen molar-refractivity contribution in [3.8, 4) is 0 Å². The third-order valence-corrected chi connectivity index (χ3v) is 3.90. The van der Waals surface area contributed by atoms with E-state index in [1.807, 2.05) is 18.0 Å². The van der Waals surface area contributed by atoms with E-state index in [9.17, 15) is 4.79 Å². The summed E-state index contributed by atoms with van der Waals surface area (Å²) in [5.74, 6) is 0.0538. The molecule has 0 saturated carbocycles. The number of rotatable bonds is 2. The van der Waals surface area contributed by atoms with Gasteiger partial charge in [0, 0.05) is 34.2 Å². The van der Waals surface area contributed by atoms with Gasteiger partial charge in [-0.1, -0.05) is 27.5 Å². The Balaban J connectivity index is 2.15. The minimum Gasteiger partial charge on any atom is -0.337 e. The molecule has 1 N–H and O–H groups in total. The molecule has 1 aliphatic heterocycles. The lowest BCUT2D eigenvalue weighted by Gasteiger charge is -2.32. The van der Waals surface area contributed by atoms with Crippen LogP contribution in [0.15, 0.2) is 22.7 Å². The summed E-state index contributed by atoms with van der Waals surface area (Å²) in [6.45, 7) is 1.58. The third-order valence-electron chi connectivity index (χ3n) is 3.23. The Morgan fingerprint density at radius 3 is 2.94 bits per heavy atom. The van der Waals surface area contributed by atoms with Gasteiger partial charge in [-0.25, -0.2) is 0 Å². The Morgan fingerprint density at radius 2 is 2.28 bits per heavy atom. The molecular weight excluding hydrogens is 316 g/mol. The Kier molecular flexibility index (Phi) is 4.65. The highest BCUT2D eigenvalue weighted by Crippen LogP contribution is 2.22. The molecule has 1 heterocycles. The number of carbonyl (C=O) groups is 1. The van der Waals surface area contributed by atoms with E-state index in [-0.39, 0.29) is 5.91 Å². The maximum absolute atomic E-state index is 12.4. The van der Waals surface area contributed by atoms with Crippen LogP contribution in [0.5, 0.6) is 0 Å². The molecule has 1 fully saturated rings. The van der Waals surface area contributed by atoms with E-state index < -0.39 is 0 Å². The van der Waals surface area contributed by atoms with Crippen LogP contribution in [0.2, 0.25) is 5.02 Å². The van der Waals surface area contributed by atoms with Crippen molar-refractivity contribution in [3.63, 3.8) is 0 Å². The van der Waals surface area contributed by atoms with E-state index in [1.54, 1.807) is 12.1 Å². The minimum absolute atomic E-state index is 0.0538. The Bertz CT molecular complexity index is 432. The molecule has 1 aromatic carbocycles. The molecule has 18 heavy (non-hydrogen) atoms. The van der Waals surface area contributed by atoms with Crippen molar-refractivity contribution >= 4 is 33.4 Å². The first-order chi connectivity index (χ1) is 8.60. The SMILES string of the molecule is CNC1CCCN(C(=O)c2cc(Cl)cc(Br)c2)C1. The smallest absolute Gasteiger partial charge is 0.253 e. The maximum atomic E-state index is 12.4. The molecule has 0 spiro atoms. The first-order valence-electron chi connectivity index (χ1n) is 6.03. The number of likely N-dealkylation sites (N-methyl/N-ethyl adjacent to an activating group) is 1. The quantitative estimate of drug-likeness (QED) is 0.904. The lowest BCUT2D eigenvalue weighted by molar-refractivity contribution is 0.0698. The maximum Gasteiger partial charge on any atom is 0.253 e. The summed E-state index contributed by atoms with van der Waals surface area (Å²) in [5, 5.41) is 3.81. The van der Waals surface area contributed by atoms with E-state index in [1.165, 1.54) is 0 Å². The normalized spacial score (nSPS) is 19.9. The second-order valence-electron chi connectivity index (χ2n) is 4.54. The third kappa shape index (κ3) is 3.25. The van der Waals surface area contributed by atoms with Gasteiger partial charge in [-0.15, -0.1) is 0 Å². The van der Waals surface area contributed by atoms with Gasteiger partial charge in [0.2, 0.25) is 0 Å². The first kappa shape index (κ1) is 13.8. The predicted octanol–water partition coefficient (Wildman–Crippen LogP) is 2.93. The molecule has 0 aromatic heterocycles. The van der Waals surface area contributed by atoms with Gasteiger partial charge in [-0.2, -0.15) is 0 Å². The number of carbonyl (C=O) groups excluding carboxylic acids is 1. The zero-order valence-corrected chi connectivity index (χ0v) is 12.6. The summed E-state index contributed by atoms with van der Waals surface area (Å²) in [4.78, 5) is 14.3. The lowest BCUT2D eigenvalue weighted by atomic mass is 10.0. The van der Waals surface area contributed by atoms with Crippen molar-refractivity contribution in [1.29, 1.82) is 0 Å². The second-order valence-corrected chi connectivity index (χ2v) is 5.89. The zero-order valence-electron chi connectivity index (χ0n) is 10.2. The van der Waals surface area contributed by atoms with Gasteiger partial charge in [-0.3, -0.25) is 4.79 Å². The highest BCUT2D eigenvalue weighted by atomic mass is 79.9. The molecule has 1 atom stereocenters. The number of nitrogens with one attached hydrogen (secondary N) is 1. The van der Waals surface area contributed by atoms with Crippen LogP contribution in [0, 0.1) is 0 Å². The van der Waals surface area contributed by atoms with Gasteiger partial charge in [0.25, 0.3) is 5.91 Å². The van der Waals surface area contributed by atoms with Crippen LogP contribution in [0.25, 0.3) is 0 Å². The molecule has 1 aromatic rings.